The Morgan fingerprint density at radius 1 is 1.44 bits per heavy atom. The van der Waals surface area contributed by atoms with E-state index in [-0.39, 0.29) is 5.91 Å². The standard InChI is InChI=1S/C14H13ClN2O/c1-9(2)8-16-14(18)13-7-11(15)10-5-3-4-6-12(10)17-13/h3-7H,1,8H2,2H3,(H,16,18). The molecule has 92 valence electrons. The second kappa shape index (κ2) is 5.19. The number of benzene rings is 1. The van der Waals surface area contributed by atoms with E-state index in [1.807, 2.05) is 31.2 Å². The van der Waals surface area contributed by atoms with Crippen LogP contribution in [0.3, 0.4) is 0 Å². The average molecular weight is 261 g/mol. The molecule has 0 aliphatic carbocycles. The molecule has 18 heavy (non-hydrogen) atoms. The zero-order chi connectivity index (χ0) is 13.1. The predicted octanol–water partition coefficient (Wildman–Crippen LogP) is 3.19. The van der Waals surface area contributed by atoms with E-state index in [0.717, 1.165) is 11.0 Å². The van der Waals surface area contributed by atoms with Crippen molar-refractivity contribution in [3.05, 3.63) is 53.2 Å². The number of pyridine rings is 1. The van der Waals surface area contributed by atoms with E-state index in [4.69, 9.17) is 11.6 Å². The molecule has 1 amide bonds. The average Bonchev–Trinajstić information content (AvgIpc) is 2.36. The van der Waals surface area contributed by atoms with Crippen molar-refractivity contribution in [2.24, 2.45) is 0 Å². The number of nitrogens with zero attached hydrogens (tertiary/aromatic N) is 1. The van der Waals surface area contributed by atoms with Crippen LogP contribution in [0.5, 0.6) is 0 Å². The van der Waals surface area contributed by atoms with Crippen molar-refractivity contribution in [2.75, 3.05) is 6.54 Å². The summed E-state index contributed by atoms with van der Waals surface area (Å²) in [5.74, 6) is -0.245. The van der Waals surface area contributed by atoms with Gasteiger partial charge in [-0.2, -0.15) is 0 Å². The number of fused-ring (bicyclic) bond motifs is 1. The van der Waals surface area contributed by atoms with Crippen LogP contribution in [0, 0.1) is 0 Å². The Kier molecular flexibility index (Phi) is 3.63. The summed E-state index contributed by atoms with van der Waals surface area (Å²) in [5, 5.41) is 4.10. The Labute approximate surface area is 110 Å². The van der Waals surface area contributed by atoms with Crippen LogP contribution >= 0.6 is 11.6 Å². The van der Waals surface area contributed by atoms with Gasteiger partial charge in [0.05, 0.1) is 10.5 Å². The summed E-state index contributed by atoms with van der Waals surface area (Å²) < 4.78 is 0. The number of nitrogens with one attached hydrogen (secondary N) is 1. The van der Waals surface area contributed by atoms with Crippen LogP contribution in [0.1, 0.15) is 17.4 Å². The van der Waals surface area contributed by atoms with Crippen LogP contribution in [0.15, 0.2) is 42.5 Å². The van der Waals surface area contributed by atoms with Crippen molar-refractivity contribution < 1.29 is 4.79 Å². The number of carbonyl (C=O) groups excluding carboxylic acids is 1. The third-order valence-corrected chi connectivity index (χ3v) is 2.76. The quantitative estimate of drug-likeness (QED) is 0.861. The largest absolute Gasteiger partial charge is 0.347 e. The summed E-state index contributed by atoms with van der Waals surface area (Å²) in [6.45, 7) is 6.01. The maximum atomic E-state index is 11.9. The number of rotatable bonds is 3. The smallest absolute Gasteiger partial charge is 0.270 e. The minimum atomic E-state index is -0.245. The topological polar surface area (TPSA) is 42.0 Å². The van der Waals surface area contributed by atoms with E-state index in [0.29, 0.717) is 22.8 Å². The summed E-state index contributed by atoms with van der Waals surface area (Å²) in [7, 11) is 0. The lowest BCUT2D eigenvalue weighted by atomic mass is 10.2. The maximum absolute atomic E-state index is 11.9. The molecule has 0 unspecified atom stereocenters. The van der Waals surface area contributed by atoms with Gasteiger partial charge in [-0.3, -0.25) is 4.79 Å². The monoisotopic (exact) mass is 260 g/mol. The third kappa shape index (κ3) is 2.68. The van der Waals surface area contributed by atoms with Gasteiger partial charge in [-0.25, -0.2) is 4.98 Å². The number of hydrogen-bond donors (Lipinski definition) is 1. The number of halogens is 1. The van der Waals surface area contributed by atoms with Gasteiger partial charge in [-0.15, -0.1) is 0 Å². The highest BCUT2D eigenvalue weighted by Crippen LogP contribution is 2.22. The highest BCUT2D eigenvalue weighted by atomic mass is 35.5. The minimum Gasteiger partial charge on any atom is -0.347 e. The molecule has 0 saturated heterocycles. The highest BCUT2D eigenvalue weighted by Gasteiger charge is 2.10. The zero-order valence-corrected chi connectivity index (χ0v) is 10.8. The Hall–Kier alpha value is -1.87. The van der Waals surface area contributed by atoms with Gasteiger partial charge < -0.3 is 5.32 Å². The van der Waals surface area contributed by atoms with Gasteiger partial charge in [0.1, 0.15) is 5.69 Å². The Balaban J connectivity index is 2.34. The molecule has 4 heteroatoms. The molecule has 2 rings (SSSR count). The van der Waals surface area contributed by atoms with E-state index in [9.17, 15) is 4.79 Å². The van der Waals surface area contributed by atoms with Gasteiger partial charge in [-0.05, 0) is 19.1 Å². The SMILES string of the molecule is C=C(C)CNC(=O)c1cc(Cl)c2ccccc2n1. The molecule has 0 bridgehead atoms. The normalized spacial score (nSPS) is 10.3. The van der Waals surface area contributed by atoms with Crippen LogP contribution < -0.4 is 5.32 Å². The lowest BCUT2D eigenvalue weighted by Gasteiger charge is -2.06. The second-order valence-electron chi connectivity index (χ2n) is 4.15. The Morgan fingerprint density at radius 2 is 2.17 bits per heavy atom. The van der Waals surface area contributed by atoms with Crippen molar-refractivity contribution in [2.45, 2.75) is 6.92 Å². The van der Waals surface area contributed by atoms with Crippen LogP contribution in [-0.2, 0) is 0 Å². The first kappa shape index (κ1) is 12.6. The van der Waals surface area contributed by atoms with E-state index in [1.54, 1.807) is 6.07 Å². The number of para-hydroxylation sites is 1. The molecule has 0 fully saturated rings. The Morgan fingerprint density at radius 3 is 2.89 bits per heavy atom. The maximum Gasteiger partial charge on any atom is 0.270 e. The molecule has 2 aromatic rings. The molecule has 0 spiro atoms. The summed E-state index contributed by atoms with van der Waals surface area (Å²) in [5.41, 5.74) is 1.92. The van der Waals surface area contributed by atoms with Crippen LogP contribution in [0.25, 0.3) is 10.9 Å². The molecule has 3 nitrogen and oxygen atoms in total. The van der Waals surface area contributed by atoms with Crippen LogP contribution in [0.2, 0.25) is 5.02 Å². The first-order valence-electron chi connectivity index (χ1n) is 5.56. The third-order valence-electron chi connectivity index (χ3n) is 2.45. The van der Waals surface area contributed by atoms with Gasteiger partial charge in [0, 0.05) is 11.9 Å². The van der Waals surface area contributed by atoms with Gasteiger partial charge in [-0.1, -0.05) is 42.0 Å². The summed E-state index contributed by atoms with van der Waals surface area (Å²) in [6, 6.07) is 9.03. The minimum absolute atomic E-state index is 0.245. The molecule has 1 heterocycles. The molecule has 0 saturated carbocycles. The first-order chi connectivity index (χ1) is 8.58. The molecular formula is C14H13ClN2O. The lowest BCUT2D eigenvalue weighted by Crippen LogP contribution is -2.25. The lowest BCUT2D eigenvalue weighted by molar-refractivity contribution is 0.0952. The predicted molar refractivity (Wildman–Crippen MR) is 73.9 cm³/mol. The second-order valence-corrected chi connectivity index (χ2v) is 4.55. The molecule has 0 radical (unpaired) electrons. The van der Waals surface area contributed by atoms with Crippen LogP contribution in [-0.4, -0.2) is 17.4 Å². The van der Waals surface area contributed by atoms with Crippen molar-refractivity contribution >= 4 is 28.4 Å². The summed E-state index contributed by atoms with van der Waals surface area (Å²) in [4.78, 5) is 16.2. The van der Waals surface area contributed by atoms with Crippen LogP contribution in [0.4, 0.5) is 0 Å². The highest BCUT2D eigenvalue weighted by molar-refractivity contribution is 6.35. The summed E-state index contributed by atoms with van der Waals surface area (Å²) >= 11 is 6.13. The molecule has 0 aliphatic rings. The number of carbonyl (C=O) groups is 1. The first-order valence-corrected chi connectivity index (χ1v) is 5.93. The zero-order valence-electron chi connectivity index (χ0n) is 10.0. The van der Waals surface area contributed by atoms with Crippen molar-refractivity contribution in [3.8, 4) is 0 Å². The molecule has 1 aromatic carbocycles. The molecule has 0 aliphatic heterocycles. The molecule has 1 N–H and O–H groups in total. The van der Waals surface area contributed by atoms with Crippen molar-refractivity contribution in [1.82, 2.24) is 10.3 Å². The van der Waals surface area contributed by atoms with Gasteiger partial charge in [0.2, 0.25) is 0 Å². The fourth-order valence-electron chi connectivity index (χ4n) is 1.57. The number of hydrogen-bond acceptors (Lipinski definition) is 2. The van der Waals surface area contributed by atoms with Gasteiger partial charge in [0.25, 0.3) is 5.91 Å². The van der Waals surface area contributed by atoms with E-state index >= 15 is 0 Å². The van der Waals surface area contributed by atoms with Gasteiger partial charge in [0.15, 0.2) is 0 Å². The fraction of sp³-hybridized carbons (Fsp3) is 0.143. The Bertz CT molecular complexity index is 622. The van der Waals surface area contributed by atoms with Gasteiger partial charge >= 0.3 is 0 Å². The molecule has 1 aromatic heterocycles. The van der Waals surface area contributed by atoms with E-state index < -0.39 is 0 Å². The number of amides is 1. The van der Waals surface area contributed by atoms with E-state index in [1.165, 1.54) is 0 Å². The fourth-order valence-corrected chi connectivity index (χ4v) is 1.83. The summed E-state index contributed by atoms with van der Waals surface area (Å²) in [6.07, 6.45) is 0. The van der Waals surface area contributed by atoms with Crippen molar-refractivity contribution in [3.63, 3.8) is 0 Å². The van der Waals surface area contributed by atoms with Crippen molar-refractivity contribution in [1.29, 1.82) is 0 Å². The van der Waals surface area contributed by atoms with E-state index in [2.05, 4.69) is 16.9 Å². The molecule has 0 atom stereocenters. The molecular weight excluding hydrogens is 248 g/mol. The number of aromatic nitrogens is 1.